The van der Waals surface area contributed by atoms with Gasteiger partial charge in [-0.3, -0.25) is 5.32 Å². The van der Waals surface area contributed by atoms with E-state index in [1.807, 2.05) is 5.32 Å². The highest BCUT2D eigenvalue weighted by molar-refractivity contribution is 5.91. The lowest BCUT2D eigenvalue weighted by Gasteiger charge is -2.04. The number of amides is 1. The molecule has 0 bridgehead atoms. The number of methoxy groups -OCH3 is 1. The van der Waals surface area contributed by atoms with Crippen LogP contribution < -0.4 is 5.32 Å². The highest BCUT2D eigenvalue weighted by Gasteiger charge is 2.12. The molecule has 1 amide bonds. The molecule has 1 rings (SSSR count). The molecule has 0 aliphatic heterocycles. The van der Waals surface area contributed by atoms with Crippen LogP contribution >= 0.6 is 0 Å². The largest absolute Gasteiger partial charge is 0.465 e. The highest BCUT2D eigenvalue weighted by atomic mass is 19.1. The summed E-state index contributed by atoms with van der Waals surface area (Å²) in [6, 6.07) is 3.32. The van der Waals surface area contributed by atoms with Crippen molar-refractivity contribution in [1.82, 2.24) is 0 Å². The third kappa shape index (κ3) is 2.67. The summed E-state index contributed by atoms with van der Waals surface area (Å²) in [5.41, 5.74) is -0.193. The van der Waals surface area contributed by atoms with E-state index in [0.717, 1.165) is 19.2 Å². The molecule has 0 atom stereocenters. The van der Waals surface area contributed by atoms with Crippen LogP contribution in [0.15, 0.2) is 18.2 Å². The first kappa shape index (κ1) is 11.0. The summed E-state index contributed by atoms with van der Waals surface area (Å²) >= 11 is 0. The van der Waals surface area contributed by atoms with E-state index in [-0.39, 0.29) is 11.3 Å². The maximum Gasteiger partial charge on any atom is 0.409 e. The molecule has 0 heterocycles. The van der Waals surface area contributed by atoms with Crippen LogP contribution in [0.2, 0.25) is 0 Å². The molecule has 0 saturated carbocycles. The molecule has 6 heteroatoms. The molecule has 0 aromatic heterocycles. The number of halogens is 1. The summed E-state index contributed by atoms with van der Waals surface area (Å²) in [5.74, 6) is -1.65. The van der Waals surface area contributed by atoms with Crippen LogP contribution in [0.4, 0.5) is 14.9 Å². The van der Waals surface area contributed by atoms with E-state index in [1.165, 1.54) is 6.07 Å². The van der Waals surface area contributed by atoms with Crippen LogP contribution in [-0.2, 0) is 4.74 Å². The van der Waals surface area contributed by atoms with Crippen molar-refractivity contribution in [3.63, 3.8) is 0 Å². The molecule has 0 unspecified atom stereocenters. The minimum Gasteiger partial charge on any atom is -0.465 e. The van der Waals surface area contributed by atoms with E-state index in [1.54, 1.807) is 0 Å². The smallest absolute Gasteiger partial charge is 0.409 e. The van der Waals surface area contributed by atoms with Crippen molar-refractivity contribution in [2.24, 2.45) is 0 Å². The van der Waals surface area contributed by atoms with E-state index in [4.69, 9.17) is 5.11 Å². The topological polar surface area (TPSA) is 75.6 Å². The van der Waals surface area contributed by atoms with Gasteiger partial charge in [0.25, 0.3) is 0 Å². The number of anilines is 1. The van der Waals surface area contributed by atoms with Gasteiger partial charge in [-0.25, -0.2) is 14.0 Å². The maximum absolute atomic E-state index is 13.2. The monoisotopic (exact) mass is 213 g/mol. The molecular weight excluding hydrogens is 205 g/mol. The van der Waals surface area contributed by atoms with Gasteiger partial charge in [0.05, 0.1) is 12.7 Å². The predicted molar refractivity (Wildman–Crippen MR) is 49.4 cm³/mol. The van der Waals surface area contributed by atoms with Crippen molar-refractivity contribution in [3.8, 4) is 0 Å². The molecule has 1 aromatic carbocycles. The number of hydrogen-bond acceptors (Lipinski definition) is 3. The van der Waals surface area contributed by atoms with Gasteiger partial charge < -0.3 is 9.84 Å². The second kappa shape index (κ2) is 4.41. The second-order valence-corrected chi connectivity index (χ2v) is 2.62. The standard InChI is InChI=1S/C9H8FNO4/c1-15-8(12)6-3-2-5(4-7(6)10)11-9(13)14/h2-4,11H,1H3,(H,13,14). The Morgan fingerprint density at radius 2 is 2.13 bits per heavy atom. The Hall–Kier alpha value is -2.11. The van der Waals surface area contributed by atoms with Crippen molar-refractivity contribution in [2.45, 2.75) is 0 Å². The van der Waals surface area contributed by atoms with Gasteiger partial charge in [0.2, 0.25) is 0 Å². The van der Waals surface area contributed by atoms with Crippen molar-refractivity contribution in [2.75, 3.05) is 12.4 Å². The third-order valence-corrected chi connectivity index (χ3v) is 1.63. The van der Waals surface area contributed by atoms with Crippen molar-refractivity contribution < 1.29 is 23.8 Å². The average molecular weight is 213 g/mol. The number of rotatable bonds is 2. The molecular formula is C9H8FNO4. The number of hydrogen-bond donors (Lipinski definition) is 2. The number of ether oxygens (including phenoxy) is 1. The molecule has 0 aliphatic rings. The van der Waals surface area contributed by atoms with E-state index in [2.05, 4.69) is 4.74 Å². The number of esters is 1. The van der Waals surface area contributed by atoms with Gasteiger partial charge in [-0.15, -0.1) is 0 Å². The van der Waals surface area contributed by atoms with Crippen LogP contribution in [0.5, 0.6) is 0 Å². The van der Waals surface area contributed by atoms with Crippen molar-refractivity contribution >= 4 is 17.7 Å². The summed E-state index contributed by atoms with van der Waals surface area (Å²) in [6.07, 6.45) is -1.31. The fraction of sp³-hybridized carbons (Fsp3) is 0.111. The first-order valence-corrected chi connectivity index (χ1v) is 3.92. The summed E-state index contributed by atoms with van der Waals surface area (Å²) in [6.45, 7) is 0. The van der Waals surface area contributed by atoms with Crippen molar-refractivity contribution in [3.05, 3.63) is 29.6 Å². The first-order valence-electron chi connectivity index (χ1n) is 3.92. The Morgan fingerprint density at radius 1 is 1.47 bits per heavy atom. The lowest BCUT2D eigenvalue weighted by Crippen LogP contribution is -2.09. The number of nitrogens with one attached hydrogen (secondary N) is 1. The van der Waals surface area contributed by atoms with E-state index in [0.29, 0.717) is 0 Å². The summed E-state index contributed by atoms with van der Waals surface area (Å²) in [4.78, 5) is 21.2. The van der Waals surface area contributed by atoms with Crippen LogP contribution in [-0.4, -0.2) is 24.3 Å². The zero-order valence-electron chi connectivity index (χ0n) is 7.78. The Morgan fingerprint density at radius 3 is 2.60 bits per heavy atom. The lowest BCUT2D eigenvalue weighted by atomic mass is 10.2. The Labute approximate surface area is 84.5 Å². The van der Waals surface area contributed by atoms with E-state index >= 15 is 0 Å². The zero-order chi connectivity index (χ0) is 11.4. The number of benzene rings is 1. The number of carbonyl (C=O) groups is 2. The molecule has 0 aliphatic carbocycles. The number of carbonyl (C=O) groups excluding carboxylic acids is 1. The molecule has 15 heavy (non-hydrogen) atoms. The van der Waals surface area contributed by atoms with Gasteiger partial charge in [-0.05, 0) is 18.2 Å². The third-order valence-electron chi connectivity index (χ3n) is 1.63. The maximum atomic E-state index is 13.2. The molecule has 2 N–H and O–H groups in total. The van der Waals surface area contributed by atoms with Gasteiger partial charge in [-0.2, -0.15) is 0 Å². The van der Waals surface area contributed by atoms with E-state index in [9.17, 15) is 14.0 Å². The Kier molecular flexibility index (Phi) is 3.22. The zero-order valence-corrected chi connectivity index (χ0v) is 7.78. The lowest BCUT2D eigenvalue weighted by molar-refractivity contribution is 0.0595. The fourth-order valence-corrected chi connectivity index (χ4v) is 0.992. The van der Waals surface area contributed by atoms with Crippen molar-refractivity contribution in [1.29, 1.82) is 0 Å². The molecule has 80 valence electrons. The molecule has 5 nitrogen and oxygen atoms in total. The van der Waals surface area contributed by atoms with Gasteiger partial charge in [0.1, 0.15) is 5.82 Å². The molecule has 0 spiro atoms. The van der Waals surface area contributed by atoms with Gasteiger partial charge in [-0.1, -0.05) is 0 Å². The first-order chi connectivity index (χ1) is 7.04. The SMILES string of the molecule is COC(=O)c1ccc(NC(=O)O)cc1F. The van der Waals surface area contributed by atoms with Crippen LogP contribution in [0.25, 0.3) is 0 Å². The van der Waals surface area contributed by atoms with Gasteiger partial charge in [0, 0.05) is 5.69 Å². The molecule has 0 saturated heterocycles. The minimum atomic E-state index is -1.31. The summed E-state index contributed by atoms with van der Waals surface area (Å²) in [7, 11) is 1.13. The van der Waals surface area contributed by atoms with Gasteiger partial charge >= 0.3 is 12.1 Å². The fourth-order valence-electron chi connectivity index (χ4n) is 0.992. The van der Waals surface area contributed by atoms with Gasteiger partial charge in [0.15, 0.2) is 0 Å². The molecule has 1 aromatic rings. The minimum absolute atomic E-state index is 0.0488. The predicted octanol–water partition coefficient (Wildman–Crippen LogP) is 1.70. The number of carboxylic acid groups (broad SMARTS) is 1. The Balaban J connectivity index is 2.97. The second-order valence-electron chi connectivity index (χ2n) is 2.62. The highest BCUT2D eigenvalue weighted by Crippen LogP contribution is 2.15. The van der Waals surface area contributed by atoms with Crippen LogP contribution in [0, 0.1) is 5.82 Å². The quantitative estimate of drug-likeness (QED) is 0.733. The molecule has 0 fully saturated rings. The normalized spacial score (nSPS) is 9.47. The summed E-state index contributed by atoms with van der Waals surface area (Å²) in [5, 5.41) is 10.3. The van der Waals surface area contributed by atoms with Crippen LogP contribution in [0.1, 0.15) is 10.4 Å². The average Bonchev–Trinajstić information content (AvgIpc) is 2.16. The summed E-state index contributed by atoms with van der Waals surface area (Å²) < 4.78 is 17.5. The van der Waals surface area contributed by atoms with Crippen LogP contribution in [0.3, 0.4) is 0 Å². The molecule has 0 radical (unpaired) electrons. The van der Waals surface area contributed by atoms with E-state index < -0.39 is 17.9 Å². The Bertz CT molecular complexity index is 405.